The molecule has 0 saturated carbocycles. The van der Waals surface area contributed by atoms with Gasteiger partial charge in [-0.3, -0.25) is 9.59 Å². The SMILES string of the molecule is CC(C)(CNC(=O)C(C)(CCSCc1ccccc1)C(=O)NCC(C)(C)SCc1ccccc1)SCc1ccccc1. The molecule has 7 heteroatoms. The van der Waals surface area contributed by atoms with Crippen LogP contribution in [0.3, 0.4) is 0 Å². The molecule has 0 aliphatic carbocycles. The molecule has 0 heterocycles. The Hall–Kier alpha value is -2.35. The average molecular weight is 623 g/mol. The van der Waals surface area contributed by atoms with Crippen LogP contribution in [0.5, 0.6) is 0 Å². The van der Waals surface area contributed by atoms with Crippen molar-refractivity contribution in [1.82, 2.24) is 10.6 Å². The third-order valence-corrected chi connectivity index (χ3v) is 11.0. The Kier molecular flexibility index (Phi) is 13.4. The van der Waals surface area contributed by atoms with Crippen LogP contribution in [0.15, 0.2) is 91.0 Å². The molecule has 0 unspecified atom stereocenters. The van der Waals surface area contributed by atoms with Crippen molar-refractivity contribution in [3.63, 3.8) is 0 Å². The number of carbonyl (C=O) groups excluding carboxylic acids is 2. The van der Waals surface area contributed by atoms with Gasteiger partial charge >= 0.3 is 0 Å². The number of thioether (sulfide) groups is 3. The molecule has 2 amide bonds. The first kappa shape index (κ1) is 34.1. The topological polar surface area (TPSA) is 58.2 Å². The fourth-order valence-corrected chi connectivity index (χ4v) is 7.13. The molecule has 0 saturated heterocycles. The summed E-state index contributed by atoms with van der Waals surface area (Å²) in [6.07, 6.45) is 0.470. The molecule has 0 aromatic heterocycles. The number of benzene rings is 3. The van der Waals surface area contributed by atoms with Crippen molar-refractivity contribution < 1.29 is 9.59 Å². The summed E-state index contributed by atoms with van der Waals surface area (Å²) in [6.45, 7) is 11.3. The van der Waals surface area contributed by atoms with Gasteiger partial charge in [-0.15, -0.1) is 23.5 Å². The highest BCUT2D eigenvalue weighted by Gasteiger charge is 2.41. The summed E-state index contributed by atoms with van der Waals surface area (Å²) >= 11 is 5.37. The number of carbonyl (C=O) groups is 2. The van der Waals surface area contributed by atoms with Gasteiger partial charge in [-0.05, 0) is 63.5 Å². The molecule has 0 aliphatic heterocycles. The van der Waals surface area contributed by atoms with Crippen LogP contribution in [-0.2, 0) is 26.8 Å². The lowest BCUT2D eigenvalue weighted by Gasteiger charge is -2.32. The molecular weight excluding hydrogens is 577 g/mol. The van der Waals surface area contributed by atoms with Crippen molar-refractivity contribution in [2.75, 3.05) is 18.8 Å². The minimum atomic E-state index is -1.16. The van der Waals surface area contributed by atoms with Gasteiger partial charge in [0, 0.05) is 39.8 Å². The third-order valence-electron chi connectivity index (χ3n) is 7.15. The van der Waals surface area contributed by atoms with Gasteiger partial charge in [0.15, 0.2) is 0 Å². The maximum atomic E-state index is 13.7. The number of hydrogen-bond donors (Lipinski definition) is 2. The molecule has 0 radical (unpaired) electrons. The van der Waals surface area contributed by atoms with Crippen LogP contribution in [0.1, 0.15) is 57.7 Å². The molecule has 0 aliphatic rings. The normalized spacial score (nSPS) is 12.1. The molecule has 0 fully saturated rings. The molecule has 2 N–H and O–H groups in total. The van der Waals surface area contributed by atoms with E-state index in [1.165, 1.54) is 16.7 Å². The summed E-state index contributed by atoms with van der Waals surface area (Å²) in [7, 11) is 0. The first-order valence-corrected chi connectivity index (χ1v) is 17.7. The van der Waals surface area contributed by atoms with E-state index in [-0.39, 0.29) is 21.3 Å². The van der Waals surface area contributed by atoms with Gasteiger partial charge in [0.2, 0.25) is 11.8 Å². The Bertz CT molecular complexity index is 1160. The van der Waals surface area contributed by atoms with Gasteiger partial charge in [0.25, 0.3) is 0 Å². The van der Waals surface area contributed by atoms with Crippen molar-refractivity contribution in [3.8, 4) is 0 Å². The van der Waals surface area contributed by atoms with Gasteiger partial charge in [-0.25, -0.2) is 0 Å². The van der Waals surface area contributed by atoms with Crippen molar-refractivity contribution in [2.45, 2.75) is 67.8 Å². The van der Waals surface area contributed by atoms with E-state index in [1.807, 2.05) is 78.1 Å². The van der Waals surface area contributed by atoms with E-state index < -0.39 is 5.41 Å². The Labute approximate surface area is 266 Å². The van der Waals surface area contributed by atoms with E-state index in [9.17, 15) is 9.59 Å². The van der Waals surface area contributed by atoms with Gasteiger partial charge in [-0.2, -0.15) is 11.8 Å². The zero-order valence-electron chi connectivity index (χ0n) is 25.7. The summed E-state index contributed by atoms with van der Waals surface area (Å²) in [5.41, 5.74) is 2.60. The second-order valence-corrected chi connectivity index (χ2v) is 16.5. The highest BCUT2D eigenvalue weighted by atomic mass is 32.2. The van der Waals surface area contributed by atoms with Crippen molar-refractivity contribution in [1.29, 1.82) is 0 Å². The minimum Gasteiger partial charge on any atom is -0.354 e. The number of amides is 2. The highest BCUT2D eigenvalue weighted by Crippen LogP contribution is 2.31. The Morgan fingerprint density at radius 1 is 0.571 bits per heavy atom. The first-order valence-electron chi connectivity index (χ1n) is 14.5. The molecule has 4 nitrogen and oxygen atoms in total. The summed E-state index contributed by atoms with van der Waals surface area (Å²) in [5.74, 6) is 2.89. The Balaban J connectivity index is 1.60. The Morgan fingerprint density at radius 3 is 1.31 bits per heavy atom. The lowest BCUT2D eigenvalue weighted by atomic mass is 9.85. The van der Waals surface area contributed by atoms with E-state index in [0.717, 1.165) is 17.3 Å². The lowest BCUT2D eigenvalue weighted by molar-refractivity contribution is -0.142. The molecule has 226 valence electrons. The zero-order chi connectivity index (χ0) is 30.5. The van der Waals surface area contributed by atoms with Crippen molar-refractivity contribution in [3.05, 3.63) is 108 Å². The second kappa shape index (κ2) is 16.5. The zero-order valence-corrected chi connectivity index (χ0v) is 28.1. The molecule has 0 bridgehead atoms. The lowest BCUT2D eigenvalue weighted by Crippen LogP contribution is -2.53. The van der Waals surface area contributed by atoms with Crippen molar-refractivity contribution in [2.24, 2.45) is 5.41 Å². The number of nitrogens with one attached hydrogen (secondary N) is 2. The van der Waals surface area contributed by atoms with Crippen LogP contribution in [0.2, 0.25) is 0 Å². The molecule has 3 rings (SSSR count). The molecule has 3 aromatic rings. The van der Waals surface area contributed by atoms with Gasteiger partial charge in [-0.1, -0.05) is 91.0 Å². The quantitative estimate of drug-likeness (QED) is 0.118. The first-order chi connectivity index (χ1) is 20.0. The third kappa shape index (κ3) is 11.7. The molecule has 0 spiro atoms. The van der Waals surface area contributed by atoms with Crippen LogP contribution in [0.4, 0.5) is 0 Å². The van der Waals surface area contributed by atoms with Crippen LogP contribution in [0, 0.1) is 5.41 Å². The van der Waals surface area contributed by atoms with Gasteiger partial charge < -0.3 is 10.6 Å². The highest BCUT2D eigenvalue weighted by molar-refractivity contribution is 8.00. The van der Waals surface area contributed by atoms with Gasteiger partial charge in [0.05, 0.1) is 0 Å². The molecule has 42 heavy (non-hydrogen) atoms. The van der Waals surface area contributed by atoms with Crippen LogP contribution in [-0.4, -0.2) is 40.2 Å². The smallest absolute Gasteiger partial charge is 0.235 e. The molecular formula is C35H46N2O2S3. The largest absolute Gasteiger partial charge is 0.354 e. The van der Waals surface area contributed by atoms with E-state index in [1.54, 1.807) is 18.7 Å². The predicted octanol–water partition coefficient (Wildman–Crippen LogP) is 7.97. The minimum absolute atomic E-state index is 0.180. The monoisotopic (exact) mass is 622 g/mol. The fourth-order valence-electron chi connectivity index (χ4n) is 4.16. The van der Waals surface area contributed by atoms with E-state index in [0.29, 0.717) is 25.3 Å². The van der Waals surface area contributed by atoms with Crippen LogP contribution in [0.25, 0.3) is 0 Å². The van der Waals surface area contributed by atoms with E-state index in [4.69, 9.17) is 0 Å². The van der Waals surface area contributed by atoms with Crippen LogP contribution < -0.4 is 10.6 Å². The maximum absolute atomic E-state index is 13.7. The Morgan fingerprint density at radius 2 is 0.929 bits per heavy atom. The molecule has 3 aromatic carbocycles. The van der Waals surface area contributed by atoms with Crippen molar-refractivity contribution >= 4 is 47.1 Å². The van der Waals surface area contributed by atoms with Crippen LogP contribution >= 0.6 is 35.3 Å². The fraction of sp³-hybridized carbons (Fsp3) is 0.429. The number of hydrogen-bond acceptors (Lipinski definition) is 5. The average Bonchev–Trinajstić information content (AvgIpc) is 3.00. The summed E-state index contributed by atoms with van der Waals surface area (Å²) < 4.78 is -0.359. The standard InChI is InChI=1S/C35H46N2O2S3/c1-33(2,41-24-29-17-11-7-12-18-29)26-36-31(38)35(5,21-22-40-23-28-15-9-6-10-16-28)32(39)37-27-34(3,4)42-25-30-19-13-8-14-20-30/h6-20H,21-27H2,1-5H3,(H,36,38)(H,37,39). The summed E-state index contributed by atoms with van der Waals surface area (Å²) in [4.78, 5) is 27.5. The molecule has 0 atom stereocenters. The van der Waals surface area contributed by atoms with E-state index in [2.05, 4.69) is 74.7 Å². The predicted molar refractivity (Wildman–Crippen MR) is 185 cm³/mol. The number of rotatable bonds is 17. The maximum Gasteiger partial charge on any atom is 0.235 e. The summed E-state index contributed by atoms with van der Waals surface area (Å²) in [6, 6.07) is 31.0. The summed E-state index contributed by atoms with van der Waals surface area (Å²) in [5, 5.41) is 6.30. The van der Waals surface area contributed by atoms with E-state index >= 15 is 0 Å². The second-order valence-electron chi connectivity index (χ2n) is 12.1. The van der Waals surface area contributed by atoms with Gasteiger partial charge in [0.1, 0.15) is 5.41 Å².